The van der Waals surface area contributed by atoms with Crippen LogP contribution in [0.2, 0.25) is 5.02 Å². The van der Waals surface area contributed by atoms with E-state index in [0.717, 1.165) is 5.69 Å². The molecule has 0 unspecified atom stereocenters. The molecule has 0 radical (unpaired) electrons. The molecule has 2 N–H and O–H groups in total. The summed E-state index contributed by atoms with van der Waals surface area (Å²) in [6.45, 7) is 0. The number of amides is 1. The lowest BCUT2D eigenvalue weighted by Crippen LogP contribution is -2.13. The van der Waals surface area contributed by atoms with Gasteiger partial charge in [-0.2, -0.15) is 0 Å². The Morgan fingerprint density at radius 1 is 0.870 bits per heavy atom. The third kappa shape index (κ3) is 4.05. The lowest BCUT2D eigenvalue weighted by atomic mass is 10.3. The minimum Gasteiger partial charge on any atom is -0.324 e. The average molecular weight is 325 g/mol. The number of nitrogens with one attached hydrogen (secondary N) is 2. The fourth-order valence-corrected chi connectivity index (χ4v) is 2.02. The van der Waals surface area contributed by atoms with Gasteiger partial charge in [-0.15, -0.1) is 0 Å². The minimum atomic E-state index is -0.279. The topological polar surface area (TPSA) is 66.9 Å². The molecule has 0 fully saturated rings. The normalized spacial score (nSPS) is 10.1. The van der Waals surface area contributed by atoms with Crippen LogP contribution in [-0.4, -0.2) is 15.9 Å². The summed E-state index contributed by atoms with van der Waals surface area (Å²) in [6.07, 6.45) is 2.95. The molecule has 0 saturated heterocycles. The zero-order chi connectivity index (χ0) is 16.1. The first-order valence-corrected chi connectivity index (χ1v) is 7.29. The van der Waals surface area contributed by atoms with Crippen molar-refractivity contribution in [2.75, 3.05) is 10.6 Å². The lowest BCUT2D eigenvalue weighted by molar-refractivity contribution is 0.102. The molecule has 0 atom stereocenters. The maximum Gasteiger partial charge on any atom is 0.258 e. The van der Waals surface area contributed by atoms with Crippen LogP contribution in [0.5, 0.6) is 0 Å². The van der Waals surface area contributed by atoms with Crippen molar-refractivity contribution in [3.8, 4) is 0 Å². The van der Waals surface area contributed by atoms with Gasteiger partial charge in [0.2, 0.25) is 5.95 Å². The first kappa shape index (κ1) is 15.0. The first-order chi connectivity index (χ1) is 11.2. The van der Waals surface area contributed by atoms with Crippen molar-refractivity contribution < 1.29 is 4.79 Å². The Hall–Kier alpha value is -2.92. The van der Waals surface area contributed by atoms with Crippen LogP contribution in [0.25, 0.3) is 0 Å². The van der Waals surface area contributed by atoms with E-state index in [-0.39, 0.29) is 5.91 Å². The predicted octanol–water partition coefficient (Wildman–Crippen LogP) is 4.13. The lowest BCUT2D eigenvalue weighted by Gasteiger charge is -2.06. The summed E-state index contributed by atoms with van der Waals surface area (Å²) >= 11 is 5.81. The van der Waals surface area contributed by atoms with Gasteiger partial charge in [-0.25, -0.2) is 9.97 Å². The van der Waals surface area contributed by atoms with Gasteiger partial charge in [-0.3, -0.25) is 4.79 Å². The zero-order valence-corrected chi connectivity index (χ0v) is 12.8. The van der Waals surface area contributed by atoms with E-state index >= 15 is 0 Å². The van der Waals surface area contributed by atoms with Crippen LogP contribution >= 0.6 is 11.6 Å². The SMILES string of the molecule is O=C(Nc1ccc(Cl)cc1)c1cnc(Nc2ccccc2)nc1. The third-order valence-corrected chi connectivity index (χ3v) is 3.30. The second-order valence-corrected chi connectivity index (χ2v) is 5.18. The molecule has 2 aromatic carbocycles. The Balaban J connectivity index is 1.66. The van der Waals surface area contributed by atoms with Gasteiger partial charge in [0.15, 0.2) is 0 Å². The molecule has 5 nitrogen and oxygen atoms in total. The van der Waals surface area contributed by atoms with Gasteiger partial charge >= 0.3 is 0 Å². The predicted molar refractivity (Wildman–Crippen MR) is 91.2 cm³/mol. The summed E-state index contributed by atoms with van der Waals surface area (Å²) in [5, 5.41) is 6.43. The van der Waals surface area contributed by atoms with Crippen molar-refractivity contribution >= 4 is 34.8 Å². The van der Waals surface area contributed by atoms with Crippen LogP contribution in [0.15, 0.2) is 67.0 Å². The van der Waals surface area contributed by atoms with Crippen molar-refractivity contribution in [3.63, 3.8) is 0 Å². The average Bonchev–Trinajstić information content (AvgIpc) is 2.58. The molecule has 1 amide bonds. The third-order valence-electron chi connectivity index (χ3n) is 3.05. The quantitative estimate of drug-likeness (QED) is 0.757. The maximum atomic E-state index is 12.1. The molecule has 0 bridgehead atoms. The van der Waals surface area contributed by atoms with E-state index < -0.39 is 0 Å². The number of aromatic nitrogens is 2. The Kier molecular flexibility index (Phi) is 4.49. The highest BCUT2D eigenvalue weighted by Crippen LogP contribution is 2.15. The van der Waals surface area contributed by atoms with Gasteiger partial charge in [-0.05, 0) is 36.4 Å². The summed E-state index contributed by atoms with van der Waals surface area (Å²) in [6, 6.07) is 16.4. The summed E-state index contributed by atoms with van der Waals surface area (Å²) in [5.74, 6) is 0.151. The Morgan fingerprint density at radius 2 is 1.52 bits per heavy atom. The molecule has 0 aliphatic heterocycles. The van der Waals surface area contributed by atoms with Crippen LogP contribution in [-0.2, 0) is 0 Å². The van der Waals surface area contributed by atoms with Crippen molar-refractivity contribution in [1.29, 1.82) is 0 Å². The number of carbonyl (C=O) groups is 1. The van der Waals surface area contributed by atoms with E-state index in [1.54, 1.807) is 24.3 Å². The molecule has 1 aromatic heterocycles. The van der Waals surface area contributed by atoms with Gasteiger partial charge in [-0.1, -0.05) is 29.8 Å². The van der Waals surface area contributed by atoms with E-state index in [1.165, 1.54) is 12.4 Å². The Labute approximate surface area is 138 Å². The van der Waals surface area contributed by atoms with E-state index in [1.807, 2.05) is 30.3 Å². The molecule has 0 aliphatic carbocycles. The molecule has 0 spiro atoms. The van der Waals surface area contributed by atoms with E-state index in [2.05, 4.69) is 20.6 Å². The molecular weight excluding hydrogens is 312 g/mol. The van der Waals surface area contributed by atoms with Crippen molar-refractivity contribution in [2.45, 2.75) is 0 Å². The second-order valence-electron chi connectivity index (χ2n) is 4.75. The van der Waals surface area contributed by atoms with E-state index in [0.29, 0.717) is 22.2 Å². The number of para-hydroxylation sites is 1. The number of anilines is 3. The number of rotatable bonds is 4. The molecule has 1 heterocycles. The first-order valence-electron chi connectivity index (χ1n) is 6.92. The smallest absolute Gasteiger partial charge is 0.258 e. The van der Waals surface area contributed by atoms with Crippen LogP contribution in [0.1, 0.15) is 10.4 Å². The van der Waals surface area contributed by atoms with Crippen LogP contribution in [0.3, 0.4) is 0 Å². The van der Waals surface area contributed by atoms with Gasteiger partial charge in [0.1, 0.15) is 0 Å². The molecule has 3 aromatic rings. The standard InChI is InChI=1S/C17H13ClN4O/c18-13-6-8-15(9-7-13)21-16(23)12-10-19-17(20-11-12)22-14-4-2-1-3-5-14/h1-11H,(H,21,23)(H,19,20,22). The Morgan fingerprint density at radius 3 is 2.17 bits per heavy atom. The summed E-state index contributed by atoms with van der Waals surface area (Å²) < 4.78 is 0. The molecule has 3 rings (SSSR count). The number of hydrogen-bond acceptors (Lipinski definition) is 4. The van der Waals surface area contributed by atoms with E-state index in [4.69, 9.17) is 11.6 Å². The largest absolute Gasteiger partial charge is 0.324 e. The number of hydrogen-bond donors (Lipinski definition) is 2. The summed E-state index contributed by atoms with van der Waals surface area (Å²) in [4.78, 5) is 20.4. The molecule has 0 saturated carbocycles. The monoisotopic (exact) mass is 324 g/mol. The number of halogens is 1. The number of benzene rings is 2. The highest BCUT2D eigenvalue weighted by atomic mass is 35.5. The molecule has 23 heavy (non-hydrogen) atoms. The molecule has 114 valence electrons. The van der Waals surface area contributed by atoms with Gasteiger partial charge < -0.3 is 10.6 Å². The zero-order valence-electron chi connectivity index (χ0n) is 12.0. The van der Waals surface area contributed by atoms with Crippen molar-refractivity contribution in [1.82, 2.24) is 9.97 Å². The number of carbonyl (C=O) groups excluding carboxylic acids is 1. The van der Waals surface area contributed by atoms with Crippen LogP contribution < -0.4 is 10.6 Å². The summed E-state index contributed by atoms with van der Waals surface area (Å²) in [5.41, 5.74) is 1.91. The van der Waals surface area contributed by atoms with Gasteiger partial charge in [0.05, 0.1) is 5.56 Å². The Bertz CT molecular complexity index is 789. The number of nitrogens with zero attached hydrogens (tertiary/aromatic N) is 2. The molecular formula is C17H13ClN4O. The maximum absolute atomic E-state index is 12.1. The van der Waals surface area contributed by atoms with Gasteiger partial charge in [0, 0.05) is 28.8 Å². The molecule has 6 heteroatoms. The van der Waals surface area contributed by atoms with Crippen molar-refractivity contribution in [3.05, 3.63) is 77.6 Å². The molecule has 0 aliphatic rings. The van der Waals surface area contributed by atoms with Crippen LogP contribution in [0.4, 0.5) is 17.3 Å². The van der Waals surface area contributed by atoms with Gasteiger partial charge in [0.25, 0.3) is 5.91 Å². The summed E-state index contributed by atoms with van der Waals surface area (Å²) in [7, 11) is 0. The van der Waals surface area contributed by atoms with Crippen molar-refractivity contribution in [2.24, 2.45) is 0 Å². The second kappa shape index (κ2) is 6.89. The minimum absolute atomic E-state index is 0.279. The van der Waals surface area contributed by atoms with Crippen LogP contribution in [0, 0.1) is 0 Å². The fraction of sp³-hybridized carbons (Fsp3) is 0. The highest BCUT2D eigenvalue weighted by Gasteiger charge is 2.08. The van der Waals surface area contributed by atoms with E-state index in [9.17, 15) is 4.79 Å². The fourth-order valence-electron chi connectivity index (χ4n) is 1.90. The highest BCUT2D eigenvalue weighted by molar-refractivity contribution is 6.30.